The van der Waals surface area contributed by atoms with E-state index in [1.54, 1.807) is 0 Å². The lowest BCUT2D eigenvalue weighted by atomic mass is 10.0. The van der Waals surface area contributed by atoms with Crippen molar-refractivity contribution in [3.8, 4) is 23.0 Å². The lowest BCUT2D eigenvalue weighted by Gasteiger charge is -2.19. The van der Waals surface area contributed by atoms with Gasteiger partial charge >= 0.3 is 24.7 Å². The first-order valence-corrected chi connectivity index (χ1v) is 12.9. The number of benzene rings is 4. The molecule has 0 spiro atoms. The standard InChI is InChI=1S/C29H14F12N2O6/c30-26(31,32)20-10-16(42(44)45)11-21(27(33,34)35)24(20)48-18-5-1-14(2-6-18)9-15-3-7-19(8-4-15)49-25-22(28(36,37)38)12-17(43(46)47)13-23(25)29(39,40)41/h1-8,10-13H,9H2. The number of nitro groups is 2. The number of nitrogens with zero attached hydrogens (tertiary/aromatic N) is 2. The Bertz CT molecular complexity index is 1680. The molecule has 0 aliphatic heterocycles. The molecule has 0 atom stereocenters. The van der Waals surface area contributed by atoms with E-state index in [4.69, 9.17) is 9.47 Å². The Hall–Kier alpha value is -5.56. The van der Waals surface area contributed by atoms with Gasteiger partial charge in [-0.2, -0.15) is 52.7 Å². The van der Waals surface area contributed by atoms with Gasteiger partial charge in [0.15, 0.2) is 11.5 Å². The van der Waals surface area contributed by atoms with Crippen molar-refractivity contribution < 1.29 is 72.0 Å². The summed E-state index contributed by atoms with van der Waals surface area (Å²) in [5.41, 5.74) is -10.5. The van der Waals surface area contributed by atoms with Crippen molar-refractivity contribution in [2.45, 2.75) is 31.1 Å². The van der Waals surface area contributed by atoms with E-state index < -0.39 is 91.2 Å². The molecule has 260 valence electrons. The van der Waals surface area contributed by atoms with Crippen LogP contribution in [0.15, 0.2) is 72.8 Å². The SMILES string of the molecule is O=[N+]([O-])c1cc(C(F)(F)F)c(Oc2ccc(Cc3ccc(Oc4c(C(F)(F)F)cc([N+](=O)[O-])cc4C(F)(F)F)cc3)cc2)c(C(F)(F)F)c1. The van der Waals surface area contributed by atoms with Crippen LogP contribution in [0.2, 0.25) is 0 Å². The Balaban J connectivity index is 1.59. The first kappa shape index (κ1) is 36.3. The lowest BCUT2D eigenvalue weighted by Crippen LogP contribution is -2.15. The average Bonchev–Trinajstić information content (AvgIpc) is 2.96. The summed E-state index contributed by atoms with van der Waals surface area (Å²) in [4.78, 5) is 19.1. The largest absolute Gasteiger partial charge is 0.456 e. The van der Waals surface area contributed by atoms with Crippen molar-refractivity contribution >= 4 is 11.4 Å². The fourth-order valence-electron chi connectivity index (χ4n) is 4.32. The molecule has 0 aliphatic rings. The zero-order valence-corrected chi connectivity index (χ0v) is 23.5. The van der Waals surface area contributed by atoms with Crippen molar-refractivity contribution in [2.24, 2.45) is 0 Å². The van der Waals surface area contributed by atoms with Crippen molar-refractivity contribution in [3.05, 3.63) is 126 Å². The second-order valence-electron chi connectivity index (χ2n) is 9.91. The first-order chi connectivity index (χ1) is 22.4. The molecule has 0 radical (unpaired) electrons. The third kappa shape index (κ3) is 8.49. The summed E-state index contributed by atoms with van der Waals surface area (Å²) >= 11 is 0. The molecule has 0 aromatic heterocycles. The van der Waals surface area contributed by atoms with E-state index in [-0.39, 0.29) is 30.7 Å². The number of halogens is 12. The van der Waals surface area contributed by atoms with Crippen LogP contribution in [0.1, 0.15) is 33.4 Å². The third-order valence-electron chi connectivity index (χ3n) is 6.49. The fourth-order valence-corrected chi connectivity index (χ4v) is 4.32. The summed E-state index contributed by atoms with van der Waals surface area (Å²) in [7, 11) is 0. The Kier molecular flexibility index (Phi) is 9.48. The first-order valence-electron chi connectivity index (χ1n) is 12.9. The van der Waals surface area contributed by atoms with E-state index in [1.807, 2.05) is 0 Å². The average molecular weight is 714 g/mol. The number of nitro benzene ring substituents is 2. The highest BCUT2D eigenvalue weighted by molar-refractivity contribution is 5.55. The minimum Gasteiger partial charge on any atom is -0.456 e. The van der Waals surface area contributed by atoms with E-state index in [9.17, 15) is 72.9 Å². The smallest absolute Gasteiger partial charge is 0.420 e. The molecule has 8 nitrogen and oxygen atoms in total. The topological polar surface area (TPSA) is 105 Å². The fraction of sp³-hybridized carbons (Fsp3) is 0.172. The molecular weight excluding hydrogens is 700 g/mol. The van der Waals surface area contributed by atoms with Crippen LogP contribution in [0.4, 0.5) is 64.1 Å². The maximum absolute atomic E-state index is 13.6. The van der Waals surface area contributed by atoms with Crippen LogP contribution in [0, 0.1) is 20.2 Å². The Labute approximate surface area is 264 Å². The number of hydrogen-bond donors (Lipinski definition) is 0. The van der Waals surface area contributed by atoms with Crippen molar-refractivity contribution in [1.29, 1.82) is 0 Å². The Morgan fingerprint density at radius 2 is 0.714 bits per heavy atom. The minimum absolute atomic E-state index is 0.0289. The predicted molar refractivity (Wildman–Crippen MR) is 142 cm³/mol. The molecule has 0 amide bonds. The van der Waals surface area contributed by atoms with Gasteiger partial charge in [-0.1, -0.05) is 24.3 Å². The molecule has 0 unspecified atom stereocenters. The summed E-state index contributed by atoms with van der Waals surface area (Å²) in [5.74, 6) is -4.52. The molecule has 0 saturated heterocycles. The van der Waals surface area contributed by atoms with Crippen LogP contribution in [-0.4, -0.2) is 9.85 Å². The number of hydrogen-bond acceptors (Lipinski definition) is 6. The summed E-state index contributed by atoms with van der Waals surface area (Å²) < 4.78 is 173. The van der Waals surface area contributed by atoms with E-state index in [1.165, 1.54) is 24.3 Å². The molecule has 49 heavy (non-hydrogen) atoms. The quantitative estimate of drug-likeness (QED) is 0.102. The molecule has 4 rings (SSSR count). The van der Waals surface area contributed by atoms with Crippen LogP contribution in [0.3, 0.4) is 0 Å². The highest BCUT2D eigenvalue weighted by atomic mass is 19.4. The van der Waals surface area contributed by atoms with Gasteiger partial charge in [-0.3, -0.25) is 20.2 Å². The Morgan fingerprint density at radius 1 is 0.469 bits per heavy atom. The molecule has 4 aromatic carbocycles. The zero-order valence-electron chi connectivity index (χ0n) is 23.5. The predicted octanol–water partition coefficient (Wildman–Crippen LogP) is 10.8. The highest BCUT2D eigenvalue weighted by Gasteiger charge is 2.46. The van der Waals surface area contributed by atoms with Gasteiger partial charge in [-0.05, 0) is 41.8 Å². The van der Waals surface area contributed by atoms with Gasteiger partial charge in [-0.25, -0.2) is 0 Å². The molecule has 4 aromatic rings. The van der Waals surface area contributed by atoms with E-state index in [2.05, 4.69) is 0 Å². The molecule has 0 aliphatic carbocycles. The van der Waals surface area contributed by atoms with Gasteiger partial charge < -0.3 is 9.47 Å². The van der Waals surface area contributed by atoms with Gasteiger partial charge in [0.2, 0.25) is 0 Å². The van der Waals surface area contributed by atoms with Gasteiger partial charge in [0, 0.05) is 24.3 Å². The summed E-state index contributed by atoms with van der Waals surface area (Å²) in [6, 6.07) is 8.37. The molecule has 0 heterocycles. The summed E-state index contributed by atoms with van der Waals surface area (Å²) in [5, 5.41) is 21.9. The molecular formula is C29H14F12N2O6. The van der Waals surface area contributed by atoms with Crippen LogP contribution >= 0.6 is 0 Å². The maximum atomic E-state index is 13.6. The highest BCUT2D eigenvalue weighted by Crippen LogP contribution is 2.49. The number of rotatable bonds is 8. The maximum Gasteiger partial charge on any atom is 0.420 e. The third-order valence-corrected chi connectivity index (χ3v) is 6.49. The normalized spacial score (nSPS) is 12.5. The molecule has 0 N–H and O–H groups in total. The van der Waals surface area contributed by atoms with Crippen LogP contribution in [0.5, 0.6) is 23.0 Å². The monoisotopic (exact) mass is 714 g/mol. The second kappa shape index (κ2) is 12.8. The molecule has 0 fully saturated rings. The zero-order chi connectivity index (χ0) is 36.7. The second-order valence-corrected chi connectivity index (χ2v) is 9.91. The van der Waals surface area contributed by atoms with Crippen LogP contribution in [-0.2, 0) is 31.1 Å². The van der Waals surface area contributed by atoms with Gasteiger partial charge in [0.1, 0.15) is 33.8 Å². The number of ether oxygens (including phenoxy) is 2. The van der Waals surface area contributed by atoms with E-state index in [0.717, 1.165) is 24.3 Å². The van der Waals surface area contributed by atoms with Gasteiger partial charge in [0.05, 0.1) is 9.85 Å². The Morgan fingerprint density at radius 3 is 0.918 bits per heavy atom. The van der Waals surface area contributed by atoms with Crippen molar-refractivity contribution in [1.82, 2.24) is 0 Å². The van der Waals surface area contributed by atoms with Crippen LogP contribution < -0.4 is 9.47 Å². The van der Waals surface area contributed by atoms with Crippen molar-refractivity contribution in [3.63, 3.8) is 0 Å². The molecule has 20 heteroatoms. The number of alkyl halides is 12. The summed E-state index contributed by atoms with van der Waals surface area (Å²) in [6.45, 7) is 0. The summed E-state index contributed by atoms with van der Waals surface area (Å²) in [6.07, 6.45) is -22.0. The number of non-ortho nitro benzene ring substituents is 2. The van der Waals surface area contributed by atoms with Crippen LogP contribution in [0.25, 0.3) is 0 Å². The van der Waals surface area contributed by atoms with E-state index in [0.29, 0.717) is 11.1 Å². The molecule has 0 bridgehead atoms. The van der Waals surface area contributed by atoms with Gasteiger partial charge in [0.25, 0.3) is 11.4 Å². The minimum atomic E-state index is -5.49. The molecule has 0 saturated carbocycles. The van der Waals surface area contributed by atoms with Crippen molar-refractivity contribution in [2.75, 3.05) is 0 Å². The van der Waals surface area contributed by atoms with Gasteiger partial charge in [-0.15, -0.1) is 0 Å². The van der Waals surface area contributed by atoms with E-state index >= 15 is 0 Å². The lowest BCUT2D eigenvalue weighted by molar-refractivity contribution is -0.385.